The maximum atomic E-state index is 11.8. The van der Waals surface area contributed by atoms with E-state index in [9.17, 15) is 19.2 Å². The zero-order valence-corrected chi connectivity index (χ0v) is 15.9. The fraction of sp³-hybridized carbons (Fsp3) is 0.588. The van der Waals surface area contributed by atoms with Gasteiger partial charge in [-0.15, -0.1) is 0 Å². The third-order valence-electron chi connectivity index (χ3n) is 3.69. The predicted molar refractivity (Wildman–Crippen MR) is 89.8 cm³/mol. The second kappa shape index (κ2) is 9.31. The summed E-state index contributed by atoms with van der Waals surface area (Å²) in [6.07, 6.45) is -2.60. The van der Waals surface area contributed by atoms with Crippen LogP contribution < -0.4 is 0 Å². The van der Waals surface area contributed by atoms with E-state index in [4.69, 9.17) is 23.7 Å². The summed E-state index contributed by atoms with van der Waals surface area (Å²) in [6, 6.07) is 1.41. The molecule has 2 heterocycles. The van der Waals surface area contributed by atoms with Crippen LogP contribution in [-0.4, -0.2) is 65.2 Å². The molecule has 0 aliphatic carbocycles. The largest absolute Gasteiger partial charge is 0.463 e. The molecule has 1 saturated heterocycles. The molecule has 11 heteroatoms. The van der Waals surface area contributed by atoms with Crippen LogP contribution in [0.4, 0.5) is 0 Å². The van der Waals surface area contributed by atoms with Crippen LogP contribution >= 0.6 is 0 Å². The Balaban J connectivity index is 2.31. The number of carbonyl (C=O) groups is 4. The molecule has 0 amide bonds. The Hall–Kier alpha value is -2.95. The molecule has 0 aromatic carbocycles. The van der Waals surface area contributed by atoms with E-state index in [1.807, 2.05) is 0 Å². The average Bonchev–Trinajstić information content (AvgIpc) is 3.19. The Morgan fingerprint density at radius 3 is 2.25 bits per heavy atom. The molecule has 1 aliphatic heterocycles. The van der Waals surface area contributed by atoms with E-state index < -0.39 is 48.4 Å². The zero-order chi connectivity index (χ0) is 20.8. The molecular weight excluding hydrogens is 376 g/mol. The molecule has 1 aromatic rings. The molecule has 1 fully saturated rings. The summed E-state index contributed by atoms with van der Waals surface area (Å²) >= 11 is 0. The number of carbonyl (C=O) groups excluding carboxylic acids is 4. The minimum absolute atomic E-state index is 0.0273. The van der Waals surface area contributed by atoms with Gasteiger partial charge in [-0.05, 0) is 13.0 Å². The van der Waals surface area contributed by atoms with Crippen molar-refractivity contribution in [3.63, 3.8) is 0 Å². The van der Waals surface area contributed by atoms with Gasteiger partial charge in [0.25, 0.3) is 0 Å². The number of nitrogens with zero attached hydrogens (tertiary/aromatic N) is 2. The van der Waals surface area contributed by atoms with E-state index in [2.05, 4.69) is 5.10 Å². The van der Waals surface area contributed by atoms with Gasteiger partial charge in [0.05, 0.1) is 6.61 Å². The van der Waals surface area contributed by atoms with Gasteiger partial charge in [0, 0.05) is 27.0 Å². The molecule has 1 aliphatic rings. The fourth-order valence-electron chi connectivity index (χ4n) is 2.70. The van der Waals surface area contributed by atoms with Gasteiger partial charge in [0.1, 0.15) is 12.7 Å². The second-order valence-corrected chi connectivity index (χ2v) is 5.92. The van der Waals surface area contributed by atoms with E-state index in [1.54, 1.807) is 6.92 Å². The monoisotopic (exact) mass is 398 g/mol. The smallest absolute Gasteiger partial charge is 0.358 e. The molecule has 28 heavy (non-hydrogen) atoms. The molecule has 0 spiro atoms. The van der Waals surface area contributed by atoms with Crippen molar-refractivity contribution < 1.29 is 42.9 Å². The van der Waals surface area contributed by atoms with Gasteiger partial charge < -0.3 is 23.7 Å². The van der Waals surface area contributed by atoms with Crippen molar-refractivity contribution in [2.75, 3.05) is 13.2 Å². The number of hydrogen-bond acceptors (Lipinski definition) is 10. The second-order valence-electron chi connectivity index (χ2n) is 5.92. The van der Waals surface area contributed by atoms with Gasteiger partial charge in [-0.3, -0.25) is 14.4 Å². The van der Waals surface area contributed by atoms with Gasteiger partial charge >= 0.3 is 23.9 Å². The lowest BCUT2D eigenvalue weighted by Crippen LogP contribution is -2.40. The van der Waals surface area contributed by atoms with Gasteiger partial charge in [-0.2, -0.15) is 5.10 Å². The van der Waals surface area contributed by atoms with Crippen LogP contribution in [0.1, 0.15) is 44.4 Å². The quantitative estimate of drug-likeness (QED) is 0.469. The number of hydrogen-bond donors (Lipinski definition) is 0. The lowest BCUT2D eigenvalue weighted by molar-refractivity contribution is -0.166. The third kappa shape index (κ3) is 5.28. The summed E-state index contributed by atoms with van der Waals surface area (Å²) in [5, 5.41) is 4.09. The Bertz CT molecular complexity index is 745. The molecule has 4 unspecified atom stereocenters. The molecule has 0 bridgehead atoms. The molecule has 154 valence electrons. The lowest BCUT2D eigenvalue weighted by Gasteiger charge is -2.23. The predicted octanol–water partition coefficient (Wildman–Crippen LogP) is 0.384. The summed E-state index contributed by atoms with van der Waals surface area (Å²) in [5.41, 5.74) is 0.0273. The summed E-state index contributed by atoms with van der Waals surface area (Å²) in [5.74, 6) is -2.45. The van der Waals surface area contributed by atoms with Gasteiger partial charge in [0.15, 0.2) is 24.1 Å². The van der Waals surface area contributed by atoms with Crippen molar-refractivity contribution in [2.24, 2.45) is 0 Å². The first kappa shape index (κ1) is 21.4. The number of esters is 4. The van der Waals surface area contributed by atoms with Crippen LogP contribution in [0.3, 0.4) is 0 Å². The SMILES string of the molecule is CCOC(=O)c1ccn(C2OC(COC(C)=O)C(OC(C)=O)C2OC(C)=O)n1. The normalized spacial score (nSPS) is 23.7. The van der Waals surface area contributed by atoms with Crippen LogP contribution in [0.25, 0.3) is 0 Å². The zero-order valence-electron chi connectivity index (χ0n) is 15.9. The number of ether oxygens (including phenoxy) is 5. The summed E-state index contributed by atoms with van der Waals surface area (Å²) in [6.45, 7) is 5.21. The van der Waals surface area contributed by atoms with E-state index in [0.717, 1.165) is 0 Å². The minimum Gasteiger partial charge on any atom is -0.463 e. The molecule has 2 rings (SSSR count). The first-order valence-corrected chi connectivity index (χ1v) is 8.58. The summed E-state index contributed by atoms with van der Waals surface area (Å²) in [4.78, 5) is 46.1. The molecule has 0 N–H and O–H groups in total. The van der Waals surface area contributed by atoms with Crippen molar-refractivity contribution in [3.8, 4) is 0 Å². The molecule has 1 aromatic heterocycles. The Labute approximate surface area is 160 Å². The molecule has 11 nitrogen and oxygen atoms in total. The Morgan fingerprint density at radius 2 is 1.68 bits per heavy atom. The molecule has 0 radical (unpaired) electrons. The third-order valence-corrected chi connectivity index (χ3v) is 3.69. The molecule has 4 atom stereocenters. The minimum atomic E-state index is -1.07. The van der Waals surface area contributed by atoms with Crippen LogP contribution in [0.2, 0.25) is 0 Å². The molecular formula is C17H22N2O9. The fourth-order valence-corrected chi connectivity index (χ4v) is 2.70. The highest BCUT2D eigenvalue weighted by atomic mass is 16.7. The van der Waals surface area contributed by atoms with Gasteiger partial charge in [-0.1, -0.05) is 0 Å². The van der Waals surface area contributed by atoms with E-state index in [1.165, 1.54) is 37.7 Å². The lowest BCUT2D eigenvalue weighted by atomic mass is 10.1. The standard InChI is InChI=1S/C17H22N2O9/c1-5-24-17(23)12-6-7-19(18-12)16-15(27-11(4)22)14(26-10(3)21)13(28-16)8-25-9(2)20/h6-7,13-16H,5,8H2,1-4H3. The van der Waals surface area contributed by atoms with Crippen molar-refractivity contribution in [1.29, 1.82) is 0 Å². The number of aromatic nitrogens is 2. The van der Waals surface area contributed by atoms with Crippen LogP contribution in [0, 0.1) is 0 Å². The van der Waals surface area contributed by atoms with Gasteiger partial charge in [-0.25, -0.2) is 9.48 Å². The number of rotatable bonds is 7. The van der Waals surface area contributed by atoms with Gasteiger partial charge in [0.2, 0.25) is 0 Å². The topological polar surface area (TPSA) is 132 Å². The van der Waals surface area contributed by atoms with Crippen LogP contribution in [0.5, 0.6) is 0 Å². The maximum absolute atomic E-state index is 11.8. The Kier molecular flexibility index (Phi) is 7.10. The first-order valence-electron chi connectivity index (χ1n) is 8.58. The highest BCUT2D eigenvalue weighted by Gasteiger charge is 2.51. The highest BCUT2D eigenvalue weighted by molar-refractivity contribution is 5.87. The van der Waals surface area contributed by atoms with E-state index in [-0.39, 0.29) is 18.9 Å². The highest BCUT2D eigenvalue weighted by Crippen LogP contribution is 2.34. The first-order chi connectivity index (χ1) is 13.2. The van der Waals surface area contributed by atoms with E-state index >= 15 is 0 Å². The van der Waals surface area contributed by atoms with Crippen molar-refractivity contribution >= 4 is 23.9 Å². The summed E-state index contributed by atoms with van der Waals surface area (Å²) < 4.78 is 27.4. The summed E-state index contributed by atoms with van der Waals surface area (Å²) in [7, 11) is 0. The van der Waals surface area contributed by atoms with Crippen molar-refractivity contribution in [2.45, 2.75) is 52.2 Å². The van der Waals surface area contributed by atoms with E-state index in [0.29, 0.717) is 0 Å². The van der Waals surface area contributed by atoms with Crippen LogP contribution in [-0.2, 0) is 38.1 Å². The van der Waals surface area contributed by atoms with Crippen molar-refractivity contribution in [1.82, 2.24) is 9.78 Å². The average molecular weight is 398 g/mol. The van der Waals surface area contributed by atoms with Crippen molar-refractivity contribution in [3.05, 3.63) is 18.0 Å². The van der Waals surface area contributed by atoms with Crippen LogP contribution in [0.15, 0.2) is 12.3 Å². The maximum Gasteiger partial charge on any atom is 0.358 e. The molecule has 0 saturated carbocycles. The Morgan fingerprint density at radius 1 is 1.04 bits per heavy atom.